The van der Waals surface area contributed by atoms with Gasteiger partial charge in [-0.1, -0.05) is 202 Å². The summed E-state index contributed by atoms with van der Waals surface area (Å²) >= 11 is 12.0. The fourth-order valence-corrected chi connectivity index (χ4v) is 16.3. The van der Waals surface area contributed by atoms with Gasteiger partial charge in [0.2, 0.25) is 0 Å². The predicted molar refractivity (Wildman–Crippen MR) is 603 cm³/mol. The Morgan fingerprint density at radius 2 is 0.705 bits per heavy atom. The Morgan fingerprint density at radius 1 is 0.403 bits per heavy atom. The summed E-state index contributed by atoms with van der Waals surface area (Å²) in [6.07, 6.45) is 10.8. The lowest BCUT2D eigenvalue weighted by molar-refractivity contribution is -0.275. The first kappa shape index (κ1) is 124. The first-order valence-corrected chi connectivity index (χ1v) is 51.6. The summed E-state index contributed by atoms with van der Waals surface area (Å²) in [5, 5.41) is 13.4. The summed E-state index contributed by atoms with van der Waals surface area (Å²) in [5.74, 6) is -1.95. The van der Waals surface area contributed by atoms with Crippen molar-refractivity contribution in [2.75, 3.05) is 39.3 Å². The molecule has 0 amide bonds. The van der Waals surface area contributed by atoms with Crippen molar-refractivity contribution in [1.29, 1.82) is 0 Å². The summed E-state index contributed by atoms with van der Waals surface area (Å²) in [4.78, 5) is 71.9. The second-order valence-electron chi connectivity index (χ2n) is 45.9. The minimum absolute atomic E-state index is 0.0217. The quantitative estimate of drug-likeness (QED) is 0.00771. The molecule has 0 unspecified atom stereocenters. The second-order valence-corrected chi connectivity index (χ2v) is 46.7. The average molecular weight is 2110 g/mol. The van der Waals surface area contributed by atoms with Crippen LogP contribution in [0.25, 0.3) is 50.2 Å². The van der Waals surface area contributed by atoms with Crippen LogP contribution >= 0.6 is 23.2 Å². The number of hydrogen-bond acceptors (Lipinski definition) is 16. The highest BCUT2D eigenvalue weighted by Gasteiger charge is 2.35. The van der Waals surface area contributed by atoms with Crippen LogP contribution in [-0.4, -0.2) is 124 Å². The van der Waals surface area contributed by atoms with Crippen molar-refractivity contribution in [2.45, 2.75) is 325 Å². The molecule has 12 rings (SSSR count). The molecule has 6 aromatic heterocycles. The second kappa shape index (κ2) is 53.7. The van der Waals surface area contributed by atoms with Crippen molar-refractivity contribution < 1.29 is 31.1 Å². The molecule has 0 aliphatic heterocycles. The number of fused-ring (bicyclic) bond motifs is 3. The number of nitrogens with two attached hydrogens (primary N) is 9. The van der Waals surface area contributed by atoms with E-state index in [9.17, 15) is 40.7 Å². The largest absolute Gasteiger partial charge is 0.573 e. The van der Waals surface area contributed by atoms with E-state index in [1.165, 1.54) is 0 Å². The molecule has 816 valence electrons. The number of aromatic amines is 3. The highest BCUT2D eigenvalue weighted by atomic mass is 35.5. The number of ether oxygens (including phenoxy) is 1. The van der Waals surface area contributed by atoms with Crippen molar-refractivity contribution in [3.8, 4) is 22.8 Å². The van der Waals surface area contributed by atoms with E-state index in [4.69, 9.17) is 74.8 Å². The smallest absolute Gasteiger partial charge is 0.403 e. The Kier molecular flexibility index (Phi) is 44.7. The van der Waals surface area contributed by atoms with Crippen molar-refractivity contribution in [3.63, 3.8) is 0 Å². The van der Waals surface area contributed by atoms with Gasteiger partial charge in [0, 0.05) is 123 Å². The molecule has 6 aromatic carbocycles. The van der Waals surface area contributed by atoms with E-state index in [-0.39, 0.29) is 118 Å². The van der Waals surface area contributed by atoms with E-state index >= 15 is 0 Å². The lowest BCUT2D eigenvalue weighted by Gasteiger charge is -2.23. The Hall–Kier alpha value is -11.9. The summed E-state index contributed by atoms with van der Waals surface area (Å²) in [7, 11) is 0. The highest BCUT2D eigenvalue weighted by Crippen LogP contribution is 2.38. The van der Waals surface area contributed by atoms with Gasteiger partial charge >= 0.3 is 23.4 Å². The molecule has 0 saturated heterocycles. The molecule has 0 aliphatic carbocycles. The standard InChI is InChI=1S/2C22H31N7O.C21H29N7O.2C16H25ClFN.C16H23F4NO/c2*1-14(25-10-5-11-26-20(23)24)15-6-8-17(9-7-15)29-13-16-12-18(22(2,3)4)27-19(16)28-21(29)30;1-21(2,3)17-11-15-13-28(20(29)27-18(15)26-17)16-7-5-14(6-8-16)12-24-9-4-10-25-19(22)23;2*1-15(2,3)12-9-11(10-13(17)14(12)18)7-6-8-16(4,5)19;1-10(21)6-5-7-11-8-12(15(2,3)4)14(17)13(9-11)22-16(18,19)20/h2*6-9,12-14,25H,5,10-11H2,1-4H3,(H4,23,24,26)(H,27,28,30);5-8,11,13,24H,4,9-10,12H2,1-3H3,(H4,22,23,25)(H,26,27,29);2*9-10H,6-8,19H2,1-5H3;8-10H,5-7,21H2,1-4H3/t2*14-;;;;10-/m00...0/s1. The van der Waals surface area contributed by atoms with Gasteiger partial charge in [-0.05, 0) is 284 Å². The molecule has 36 heteroatoms. The average Bonchev–Trinajstić information content (AvgIpc) is 1.65. The van der Waals surface area contributed by atoms with Gasteiger partial charge in [-0.15, -0.1) is 13.2 Å². The number of nitrogens with zero attached hydrogens (tertiary/aromatic N) is 9. The van der Waals surface area contributed by atoms with Crippen LogP contribution in [-0.2, 0) is 58.3 Å². The maximum Gasteiger partial charge on any atom is 0.573 e. The van der Waals surface area contributed by atoms with Crippen LogP contribution in [0.5, 0.6) is 5.75 Å². The van der Waals surface area contributed by atoms with E-state index in [0.29, 0.717) is 59.7 Å². The lowest BCUT2D eigenvalue weighted by Crippen LogP contribution is -2.31. The molecule has 6 heterocycles. The number of halogens is 8. The summed E-state index contributed by atoms with van der Waals surface area (Å²) in [6.45, 7) is 55.5. The number of aryl methyl sites for hydroxylation is 3. The zero-order valence-corrected chi connectivity index (χ0v) is 93.4. The van der Waals surface area contributed by atoms with Crippen LogP contribution in [0.4, 0.5) is 26.3 Å². The van der Waals surface area contributed by atoms with Gasteiger partial charge in [0.1, 0.15) is 28.6 Å². The maximum absolute atomic E-state index is 14.3. The third kappa shape index (κ3) is 41.1. The van der Waals surface area contributed by atoms with E-state index < -0.39 is 23.3 Å². The van der Waals surface area contributed by atoms with Gasteiger partial charge < -0.3 is 87.2 Å². The van der Waals surface area contributed by atoms with Crippen molar-refractivity contribution in [1.82, 2.24) is 59.6 Å². The van der Waals surface area contributed by atoms with Crippen molar-refractivity contribution in [2.24, 2.45) is 66.6 Å². The predicted octanol–water partition coefficient (Wildman–Crippen LogP) is 20.8. The van der Waals surface area contributed by atoms with Gasteiger partial charge in [0.05, 0.1) is 27.1 Å². The Morgan fingerprint density at radius 3 is 1.00 bits per heavy atom. The first-order valence-electron chi connectivity index (χ1n) is 50.9. The minimum atomic E-state index is -4.92. The fraction of sp³-hybridized carbons (Fsp3) is 0.496. The molecule has 12 aromatic rings. The number of aliphatic imine (C=N–C) groups is 3. The Bertz CT molecular complexity index is 6350. The maximum atomic E-state index is 14.3. The first-order chi connectivity index (χ1) is 68.9. The molecule has 0 saturated carbocycles. The molecule has 0 radical (unpaired) electrons. The number of nitrogens with one attached hydrogen (secondary N) is 6. The molecule has 28 nitrogen and oxygen atoms in total. The topological polar surface area (TPSA) is 469 Å². The number of H-pyrrole nitrogens is 3. The van der Waals surface area contributed by atoms with Crippen LogP contribution in [0.2, 0.25) is 10.0 Å². The summed E-state index contributed by atoms with van der Waals surface area (Å²) in [6, 6.07) is 40.4. The van der Waals surface area contributed by atoms with Gasteiger partial charge in [-0.2, -0.15) is 15.0 Å². The molecular formula is C113H164Cl2F6N24O4. The number of rotatable bonds is 34. The molecular weight excluding hydrogens is 1940 g/mol. The summed E-state index contributed by atoms with van der Waals surface area (Å²) < 4.78 is 88.2. The zero-order chi connectivity index (χ0) is 112. The monoisotopic (exact) mass is 2110 g/mol. The normalized spacial score (nSPS) is 12.8. The van der Waals surface area contributed by atoms with Gasteiger partial charge in [-0.25, -0.2) is 27.6 Å². The van der Waals surface area contributed by atoms with Crippen LogP contribution < -0.4 is 89.4 Å². The molecule has 149 heavy (non-hydrogen) atoms. The van der Waals surface area contributed by atoms with E-state index in [0.717, 1.165) is 181 Å². The van der Waals surface area contributed by atoms with Crippen molar-refractivity contribution in [3.05, 3.63) is 272 Å². The zero-order valence-electron chi connectivity index (χ0n) is 91.9. The number of hydrogen-bond donors (Lipinski definition) is 15. The van der Waals surface area contributed by atoms with Crippen LogP contribution in [0.1, 0.15) is 310 Å². The van der Waals surface area contributed by atoms with Gasteiger partial charge in [-0.3, -0.25) is 28.7 Å². The third-order valence-corrected chi connectivity index (χ3v) is 25.0. The van der Waals surface area contributed by atoms with E-state index in [2.05, 4.69) is 160 Å². The molecule has 3 atom stereocenters. The summed E-state index contributed by atoms with van der Waals surface area (Å²) in [5.41, 5.74) is 62.2. The highest BCUT2D eigenvalue weighted by molar-refractivity contribution is 6.31. The Labute approximate surface area is 885 Å². The molecule has 24 N–H and O–H groups in total. The van der Waals surface area contributed by atoms with Crippen molar-refractivity contribution >= 4 is 74.2 Å². The van der Waals surface area contributed by atoms with Crippen LogP contribution in [0.15, 0.2) is 175 Å². The SMILES string of the molecule is CC(C)(C)c1cc2cn(-c3ccc(CNCCCN=C(N)N)cc3)c(=O)nc2[nH]1.CC(C)(N)CCCc1cc(Cl)c(F)c(C(C)(C)C)c1.CC(C)(N)CCCc1cc(Cl)c(F)c(C(C)(C)C)c1.C[C@H](N)CCCc1cc(OC(F)(F)F)c(F)c(C(C)(C)C)c1.C[C@H](NCCCN=C(N)N)c1ccc(-n2cc3cc(C(C)(C)C)[nH]c3nc2=O)cc1.C[C@H](NCCCN=C(N)N)c1ccc(-n2cc3cc(C(C)(C)C)[nH]c3nc2=O)cc1. The molecule has 0 aliphatic rings. The number of guanidine groups is 3. The van der Waals surface area contributed by atoms with E-state index in [1.54, 1.807) is 52.7 Å². The van der Waals surface area contributed by atoms with Crippen LogP contribution in [0.3, 0.4) is 0 Å². The molecule has 0 spiro atoms. The molecule has 0 fully saturated rings. The van der Waals surface area contributed by atoms with E-state index in [1.807, 2.05) is 180 Å². The number of aromatic nitrogens is 9. The van der Waals surface area contributed by atoms with Gasteiger partial charge in [0.25, 0.3) is 0 Å². The number of benzene rings is 6. The third-order valence-electron chi connectivity index (χ3n) is 24.4. The lowest BCUT2D eigenvalue weighted by atomic mass is 9.85. The molecule has 0 bridgehead atoms. The van der Waals surface area contributed by atoms with Gasteiger partial charge in [0.15, 0.2) is 29.4 Å². The minimum Gasteiger partial charge on any atom is -0.403 e. The van der Waals surface area contributed by atoms with Crippen LogP contribution in [0, 0.1) is 17.5 Å². The fourth-order valence-electron chi connectivity index (χ4n) is 15.8. The Balaban J connectivity index is 0.000000244. The number of alkyl halides is 3.